The van der Waals surface area contributed by atoms with Crippen LogP contribution < -0.4 is 4.72 Å². The van der Waals surface area contributed by atoms with E-state index in [9.17, 15) is 8.42 Å². The van der Waals surface area contributed by atoms with Crippen LogP contribution in [0.4, 0.5) is 5.69 Å². The van der Waals surface area contributed by atoms with Crippen LogP contribution in [0, 0.1) is 20.8 Å². The average molecular weight is 439 g/mol. The molecule has 0 aliphatic carbocycles. The summed E-state index contributed by atoms with van der Waals surface area (Å²) in [6, 6.07) is 5.28. The van der Waals surface area contributed by atoms with E-state index in [0.29, 0.717) is 35.0 Å². The lowest BCUT2D eigenvalue weighted by Gasteiger charge is -2.10. The van der Waals surface area contributed by atoms with Crippen LogP contribution in [0.1, 0.15) is 29.6 Å². The van der Waals surface area contributed by atoms with E-state index in [2.05, 4.69) is 35.8 Å². The number of anilines is 1. The molecule has 2 heterocycles. The molecule has 1 aromatic carbocycles. The van der Waals surface area contributed by atoms with Crippen LogP contribution in [0.25, 0.3) is 11.6 Å². The minimum atomic E-state index is -3.78. The van der Waals surface area contributed by atoms with Crippen molar-refractivity contribution in [1.29, 1.82) is 0 Å². The minimum absolute atomic E-state index is 0.185. The maximum Gasteiger partial charge on any atom is 0.264 e. The number of hydrogen-bond donors (Lipinski definition) is 2. The van der Waals surface area contributed by atoms with E-state index in [1.807, 2.05) is 13.8 Å². The van der Waals surface area contributed by atoms with Gasteiger partial charge in [0.25, 0.3) is 15.9 Å². The van der Waals surface area contributed by atoms with E-state index in [4.69, 9.17) is 4.42 Å². The number of rotatable bonds is 5. The third kappa shape index (κ3) is 3.41. The lowest BCUT2D eigenvalue weighted by molar-refractivity contribution is 0.511. The van der Waals surface area contributed by atoms with Crippen molar-refractivity contribution >= 4 is 31.6 Å². The molecule has 0 spiro atoms. The Balaban J connectivity index is 2.01. The number of nitrogens with one attached hydrogen (secondary N) is 2. The van der Waals surface area contributed by atoms with Crippen molar-refractivity contribution in [3.63, 3.8) is 0 Å². The molecule has 0 fully saturated rings. The highest BCUT2D eigenvalue weighted by Gasteiger charge is 2.26. The predicted octanol–water partition coefficient (Wildman–Crippen LogP) is 4.12. The number of aromatic amines is 1. The van der Waals surface area contributed by atoms with Gasteiger partial charge in [-0.3, -0.25) is 4.72 Å². The summed E-state index contributed by atoms with van der Waals surface area (Å²) < 4.78 is 35.0. The summed E-state index contributed by atoms with van der Waals surface area (Å²) in [5.41, 5.74) is 3.00. The molecular formula is C17H19BrN4O3S. The highest BCUT2D eigenvalue weighted by molar-refractivity contribution is 9.10. The molecule has 3 rings (SSSR count). The molecule has 3 aromatic rings. The third-order valence-corrected chi connectivity index (χ3v) is 6.57. The number of aryl methyl sites for hydroxylation is 3. The monoisotopic (exact) mass is 438 g/mol. The van der Waals surface area contributed by atoms with E-state index >= 15 is 0 Å². The Morgan fingerprint density at radius 1 is 1.23 bits per heavy atom. The van der Waals surface area contributed by atoms with Crippen molar-refractivity contribution in [2.75, 3.05) is 4.72 Å². The first-order valence-electron chi connectivity index (χ1n) is 8.03. The number of benzene rings is 1. The normalized spacial score (nSPS) is 11.7. The molecule has 0 amide bonds. The molecule has 0 radical (unpaired) electrons. The average Bonchev–Trinajstić information content (AvgIpc) is 3.15. The number of sulfonamides is 1. The largest absolute Gasteiger partial charge is 0.419 e. The summed E-state index contributed by atoms with van der Waals surface area (Å²) in [7, 11) is -3.78. The molecule has 0 saturated carbocycles. The molecule has 0 aliphatic rings. The van der Waals surface area contributed by atoms with Gasteiger partial charge in [-0.05, 0) is 44.5 Å². The van der Waals surface area contributed by atoms with Crippen molar-refractivity contribution in [1.82, 2.24) is 15.2 Å². The van der Waals surface area contributed by atoms with E-state index in [1.165, 1.54) is 0 Å². The molecule has 9 heteroatoms. The Labute approximate surface area is 160 Å². The number of nitrogens with zero attached hydrogens (tertiary/aromatic N) is 2. The second kappa shape index (κ2) is 6.88. The van der Waals surface area contributed by atoms with Crippen LogP contribution in [0.2, 0.25) is 0 Å². The van der Waals surface area contributed by atoms with Crippen molar-refractivity contribution in [3.05, 3.63) is 45.4 Å². The fraction of sp³-hybridized carbons (Fsp3) is 0.294. The van der Waals surface area contributed by atoms with E-state index in [1.54, 1.807) is 32.0 Å². The standard InChI is InChI=1S/C17H19BrN4O3S/c1-5-14-20-21-17(25-14)15-10(3)16(11(4)19-15)26(23,24)22-12-6-7-13(18)9(2)8-12/h6-8,19,22H,5H2,1-4H3. The molecule has 2 N–H and O–H groups in total. The lowest BCUT2D eigenvalue weighted by Crippen LogP contribution is -2.14. The van der Waals surface area contributed by atoms with Gasteiger partial charge in [0.05, 0.1) is 0 Å². The smallest absolute Gasteiger partial charge is 0.264 e. The summed E-state index contributed by atoms with van der Waals surface area (Å²) in [5.74, 6) is 0.780. The number of hydrogen-bond acceptors (Lipinski definition) is 5. The van der Waals surface area contributed by atoms with Crippen LogP contribution in [0.15, 0.2) is 32.0 Å². The molecule has 7 nitrogen and oxygen atoms in total. The summed E-state index contributed by atoms with van der Waals surface area (Å²) >= 11 is 3.41. The molecule has 0 bridgehead atoms. The molecule has 138 valence electrons. The van der Waals surface area contributed by atoms with Gasteiger partial charge < -0.3 is 9.40 Å². The zero-order valence-corrected chi connectivity index (χ0v) is 17.2. The third-order valence-electron chi connectivity index (χ3n) is 4.03. The maximum absolute atomic E-state index is 12.9. The first kappa shape index (κ1) is 18.7. The predicted molar refractivity (Wildman–Crippen MR) is 103 cm³/mol. The Hall–Kier alpha value is -2.13. The van der Waals surface area contributed by atoms with Crippen LogP contribution in [-0.4, -0.2) is 23.6 Å². The first-order valence-corrected chi connectivity index (χ1v) is 10.3. The van der Waals surface area contributed by atoms with Gasteiger partial charge in [-0.25, -0.2) is 8.42 Å². The Morgan fingerprint density at radius 3 is 2.58 bits per heavy atom. The molecule has 0 aliphatic heterocycles. The highest BCUT2D eigenvalue weighted by atomic mass is 79.9. The zero-order valence-electron chi connectivity index (χ0n) is 14.8. The number of halogens is 1. The topological polar surface area (TPSA) is 101 Å². The van der Waals surface area contributed by atoms with Crippen LogP contribution >= 0.6 is 15.9 Å². The molecule has 0 unspecified atom stereocenters. The Kier molecular flexibility index (Phi) is 4.94. The highest BCUT2D eigenvalue weighted by Crippen LogP contribution is 2.31. The molecule has 2 aromatic heterocycles. The molecular weight excluding hydrogens is 420 g/mol. The van der Waals surface area contributed by atoms with Gasteiger partial charge in [-0.15, -0.1) is 10.2 Å². The summed E-state index contributed by atoms with van der Waals surface area (Å²) in [6.07, 6.45) is 0.612. The van der Waals surface area contributed by atoms with Gasteiger partial charge in [-0.2, -0.15) is 0 Å². The van der Waals surface area contributed by atoms with Gasteiger partial charge in [0.15, 0.2) is 0 Å². The Morgan fingerprint density at radius 2 is 1.96 bits per heavy atom. The number of H-pyrrole nitrogens is 1. The Bertz CT molecular complexity index is 1070. The fourth-order valence-corrected chi connectivity index (χ4v) is 4.51. The van der Waals surface area contributed by atoms with Crippen molar-refractivity contribution in [2.45, 2.75) is 39.0 Å². The van der Waals surface area contributed by atoms with Crippen LogP contribution in [0.5, 0.6) is 0 Å². The fourth-order valence-electron chi connectivity index (χ4n) is 2.76. The quantitative estimate of drug-likeness (QED) is 0.623. The van der Waals surface area contributed by atoms with Gasteiger partial charge in [0, 0.05) is 27.8 Å². The second-order valence-electron chi connectivity index (χ2n) is 6.00. The van der Waals surface area contributed by atoms with Gasteiger partial charge in [-0.1, -0.05) is 22.9 Å². The number of aromatic nitrogens is 3. The van der Waals surface area contributed by atoms with Crippen molar-refractivity contribution in [3.8, 4) is 11.6 Å². The van der Waals surface area contributed by atoms with Gasteiger partial charge in [0.2, 0.25) is 5.89 Å². The first-order chi connectivity index (χ1) is 12.2. The zero-order chi connectivity index (χ0) is 19.1. The summed E-state index contributed by atoms with van der Waals surface area (Å²) in [5, 5.41) is 7.92. The SMILES string of the molecule is CCc1nnc(-c2[nH]c(C)c(S(=O)(=O)Nc3ccc(Br)c(C)c3)c2C)o1. The van der Waals surface area contributed by atoms with Crippen molar-refractivity contribution in [2.24, 2.45) is 0 Å². The maximum atomic E-state index is 12.9. The summed E-state index contributed by atoms with van der Waals surface area (Å²) in [4.78, 5) is 3.24. The minimum Gasteiger partial charge on any atom is -0.419 e. The lowest BCUT2D eigenvalue weighted by atomic mass is 10.2. The molecule has 0 atom stereocenters. The summed E-state index contributed by atoms with van der Waals surface area (Å²) in [6.45, 7) is 7.23. The van der Waals surface area contributed by atoms with Crippen LogP contribution in [-0.2, 0) is 16.4 Å². The van der Waals surface area contributed by atoms with Gasteiger partial charge in [0.1, 0.15) is 10.6 Å². The van der Waals surface area contributed by atoms with E-state index in [0.717, 1.165) is 10.0 Å². The van der Waals surface area contributed by atoms with E-state index < -0.39 is 10.0 Å². The van der Waals surface area contributed by atoms with Gasteiger partial charge >= 0.3 is 0 Å². The van der Waals surface area contributed by atoms with Crippen molar-refractivity contribution < 1.29 is 12.8 Å². The van der Waals surface area contributed by atoms with Crippen LogP contribution in [0.3, 0.4) is 0 Å². The second-order valence-corrected chi connectivity index (χ2v) is 8.48. The molecule has 0 saturated heterocycles. The molecule has 26 heavy (non-hydrogen) atoms. The van der Waals surface area contributed by atoms with E-state index in [-0.39, 0.29) is 10.8 Å².